The number of rotatable bonds is 6. The van der Waals surface area contributed by atoms with Crippen LogP contribution in [0.1, 0.15) is 50.8 Å². The molecule has 2 rings (SSSR count). The van der Waals surface area contributed by atoms with Gasteiger partial charge in [0.2, 0.25) is 5.95 Å². The van der Waals surface area contributed by atoms with E-state index in [1.54, 1.807) is 11.3 Å². The van der Waals surface area contributed by atoms with Gasteiger partial charge in [0.25, 0.3) is 0 Å². The second kappa shape index (κ2) is 6.53. The van der Waals surface area contributed by atoms with Gasteiger partial charge >= 0.3 is 0 Å². The van der Waals surface area contributed by atoms with Gasteiger partial charge in [0.05, 0.1) is 0 Å². The molecular formula is C14H20ClN3S. The first-order valence-corrected chi connectivity index (χ1v) is 8.02. The van der Waals surface area contributed by atoms with E-state index >= 15 is 0 Å². The summed E-state index contributed by atoms with van der Waals surface area (Å²) in [4.78, 5) is 11.1. The third-order valence-corrected chi connectivity index (χ3v) is 4.62. The molecule has 0 aliphatic rings. The van der Waals surface area contributed by atoms with E-state index in [1.807, 2.05) is 0 Å². The summed E-state index contributed by atoms with van der Waals surface area (Å²) in [5.41, 5.74) is 0. The van der Waals surface area contributed by atoms with Crippen LogP contribution in [0.3, 0.4) is 0 Å². The second-order valence-electron chi connectivity index (χ2n) is 4.99. The van der Waals surface area contributed by atoms with Crippen LogP contribution in [0.4, 0.5) is 5.95 Å². The van der Waals surface area contributed by atoms with Gasteiger partial charge in [0.1, 0.15) is 9.98 Å². The first kappa shape index (κ1) is 14.5. The number of nitrogens with zero attached hydrogens (tertiary/aromatic N) is 2. The second-order valence-corrected chi connectivity index (χ2v) is 6.41. The van der Waals surface area contributed by atoms with E-state index in [0.29, 0.717) is 17.0 Å². The normalized spacial score (nSPS) is 11.4. The Labute approximate surface area is 123 Å². The average molecular weight is 298 g/mol. The summed E-state index contributed by atoms with van der Waals surface area (Å²) in [5, 5.41) is 4.77. The molecule has 0 spiro atoms. The maximum absolute atomic E-state index is 6.24. The van der Waals surface area contributed by atoms with Gasteiger partial charge in [0.15, 0.2) is 0 Å². The van der Waals surface area contributed by atoms with Crippen LogP contribution >= 0.6 is 22.9 Å². The molecule has 3 nitrogen and oxygen atoms in total. The van der Waals surface area contributed by atoms with Crippen LogP contribution in [0.2, 0.25) is 5.15 Å². The number of hydrogen-bond donors (Lipinski definition) is 1. The molecule has 0 fully saturated rings. The summed E-state index contributed by atoms with van der Waals surface area (Å²) in [6.07, 6.45) is 3.57. The number of anilines is 1. The quantitative estimate of drug-likeness (QED) is 0.597. The van der Waals surface area contributed by atoms with Crippen molar-refractivity contribution >= 4 is 39.1 Å². The highest BCUT2D eigenvalue weighted by Crippen LogP contribution is 2.33. The van der Waals surface area contributed by atoms with E-state index in [9.17, 15) is 0 Å². The van der Waals surface area contributed by atoms with Crippen LogP contribution in [0.25, 0.3) is 10.2 Å². The highest BCUT2D eigenvalue weighted by Gasteiger charge is 2.11. The molecule has 1 N–H and O–H groups in total. The van der Waals surface area contributed by atoms with Gasteiger partial charge < -0.3 is 5.32 Å². The monoisotopic (exact) mass is 297 g/mol. The van der Waals surface area contributed by atoms with Crippen molar-refractivity contribution in [3.8, 4) is 0 Å². The third kappa shape index (κ3) is 3.57. The summed E-state index contributed by atoms with van der Waals surface area (Å²) in [6, 6.07) is 2.11. The SMILES string of the molecule is CCCCCNc1nc(Cl)c2cc(C(C)C)sc2n1. The molecule has 0 radical (unpaired) electrons. The van der Waals surface area contributed by atoms with Crippen molar-refractivity contribution in [1.82, 2.24) is 9.97 Å². The van der Waals surface area contributed by atoms with Gasteiger partial charge in [0, 0.05) is 16.8 Å². The van der Waals surface area contributed by atoms with E-state index < -0.39 is 0 Å². The van der Waals surface area contributed by atoms with Crippen molar-refractivity contribution in [2.24, 2.45) is 0 Å². The van der Waals surface area contributed by atoms with Crippen LogP contribution in [0.15, 0.2) is 6.07 Å². The van der Waals surface area contributed by atoms with E-state index in [1.165, 1.54) is 17.7 Å². The van der Waals surface area contributed by atoms with Gasteiger partial charge in [-0.2, -0.15) is 0 Å². The maximum Gasteiger partial charge on any atom is 0.225 e. The minimum atomic E-state index is 0.497. The number of fused-ring (bicyclic) bond motifs is 1. The molecule has 19 heavy (non-hydrogen) atoms. The molecule has 0 saturated carbocycles. The molecule has 104 valence electrons. The van der Waals surface area contributed by atoms with Crippen LogP contribution < -0.4 is 5.32 Å². The number of thiophene rings is 1. The molecular weight excluding hydrogens is 278 g/mol. The fraction of sp³-hybridized carbons (Fsp3) is 0.571. The van der Waals surface area contributed by atoms with Crippen LogP contribution in [-0.2, 0) is 0 Å². The van der Waals surface area contributed by atoms with Crippen molar-refractivity contribution in [2.75, 3.05) is 11.9 Å². The van der Waals surface area contributed by atoms with Crippen molar-refractivity contribution in [1.29, 1.82) is 0 Å². The molecule has 0 atom stereocenters. The Morgan fingerprint density at radius 1 is 1.32 bits per heavy atom. The average Bonchev–Trinajstić information content (AvgIpc) is 2.79. The lowest BCUT2D eigenvalue weighted by Gasteiger charge is -2.04. The van der Waals surface area contributed by atoms with E-state index in [4.69, 9.17) is 11.6 Å². The lowest BCUT2D eigenvalue weighted by molar-refractivity contribution is 0.741. The summed E-state index contributed by atoms with van der Waals surface area (Å²) < 4.78 is 0. The Morgan fingerprint density at radius 2 is 2.11 bits per heavy atom. The summed E-state index contributed by atoms with van der Waals surface area (Å²) in [5.74, 6) is 1.14. The number of aromatic nitrogens is 2. The molecule has 2 heterocycles. The van der Waals surface area contributed by atoms with Crippen LogP contribution in [0.5, 0.6) is 0 Å². The number of nitrogens with one attached hydrogen (secondary N) is 1. The lowest BCUT2D eigenvalue weighted by Crippen LogP contribution is -2.05. The standard InChI is InChI=1S/C14H20ClN3S/c1-4-5-6-7-16-14-17-12(15)10-8-11(9(2)3)19-13(10)18-14/h8-9H,4-7H2,1-3H3,(H,16,17,18). The van der Waals surface area contributed by atoms with E-state index in [-0.39, 0.29) is 0 Å². The van der Waals surface area contributed by atoms with Crippen molar-refractivity contribution in [2.45, 2.75) is 46.0 Å². The summed E-state index contributed by atoms with van der Waals surface area (Å²) in [6.45, 7) is 7.45. The van der Waals surface area contributed by atoms with Crippen LogP contribution in [-0.4, -0.2) is 16.5 Å². The Balaban J connectivity index is 2.18. The van der Waals surface area contributed by atoms with Crippen molar-refractivity contribution in [3.05, 3.63) is 16.1 Å². The molecule has 2 aromatic rings. The highest BCUT2D eigenvalue weighted by atomic mass is 35.5. The minimum absolute atomic E-state index is 0.497. The topological polar surface area (TPSA) is 37.8 Å². The predicted octanol–water partition coefficient (Wildman–Crippen LogP) is 5.07. The molecule has 5 heteroatoms. The predicted molar refractivity (Wildman–Crippen MR) is 84.5 cm³/mol. The van der Waals surface area contributed by atoms with Gasteiger partial charge in [-0.25, -0.2) is 9.97 Å². The minimum Gasteiger partial charge on any atom is -0.354 e. The smallest absolute Gasteiger partial charge is 0.225 e. The van der Waals surface area contributed by atoms with Gasteiger partial charge in [-0.3, -0.25) is 0 Å². The molecule has 0 aliphatic heterocycles. The maximum atomic E-state index is 6.24. The number of halogens is 1. The van der Waals surface area contributed by atoms with Crippen molar-refractivity contribution in [3.63, 3.8) is 0 Å². The number of hydrogen-bond acceptors (Lipinski definition) is 4. The first-order valence-electron chi connectivity index (χ1n) is 6.82. The Morgan fingerprint density at radius 3 is 2.79 bits per heavy atom. The molecule has 2 aromatic heterocycles. The van der Waals surface area contributed by atoms with Gasteiger partial charge in [-0.05, 0) is 18.4 Å². The van der Waals surface area contributed by atoms with E-state index in [0.717, 1.165) is 23.2 Å². The zero-order valence-electron chi connectivity index (χ0n) is 11.7. The first-order chi connectivity index (χ1) is 9.11. The molecule has 0 amide bonds. The molecule has 0 saturated heterocycles. The van der Waals surface area contributed by atoms with Gasteiger partial charge in [-0.1, -0.05) is 45.2 Å². The fourth-order valence-corrected chi connectivity index (χ4v) is 3.16. The van der Waals surface area contributed by atoms with Crippen molar-refractivity contribution < 1.29 is 0 Å². The van der Waals surface area contributed by atoms with Gasteiger partial charge in [-0.15, -0.1) is 11.3 Å². The van der Waals surface area contributed by atoms with Crippen LogP contribution in [0, 0.1) is 0 Å². The largest absolute Gasteiger partial charge is 0.354 e. The Bertz CT molecular complexity index is 551. The summed E-state index contributed by atoms with van der Waals surface area (Å²) >= 11 is 7.94. The fourth-order valence-electron chi connectivity index (χ4n) is 1.84. The molecule has 0 aliphatic carbocycles. The van der Waals surface area contributed by atoms with E-state index in [2.05, 4.69) is 42.1 Å². The molecule has 0 aromatic carbocycles. The zero-order valence-corrected chi connectivity index (χ0v) is 13.2. The number of unbranched alkanes of at least 4 members (excludes halogenated alkanes) is 2. The molecule has 0 unspecified atom stereocenters. The lowest BCUT2D eigenvalue weighted by atomic mass is 10.2. The zero-order chi connectivity index (χ0) is 13.8. The third-order valence-electron chi connectivity index (χ3n) is 3.00. The highest BCUT2D eigenvalue weighted by molar-refractivity contribution is 7.18. The Kier molecular flexibility index (Phi) is 4.99. The molecule has 0 bridgehead atoms. The Hall–Kier alpha value is -0.870. The summed E-state index contributed by atoms with van der Waals surface area (Å²) in [7, 11) is 0.